The third-order valence-corrected chi connectivity index (χ3v) is 2.67. The molecule has 1 fully saturated rings. The number of ether oxygens (including phenoxy) is 1. The summed E-state index contributed by atoms with van der Waals surface area (Å²) in [6, 6.07) is 2.09. The zero-order valence-corrected chi connectivity index (χ0v) is 9.67. The van der Waals surface area contributed by atoms with Crippen LogP contribution in [0.4, 0.5) is 4.79 Å². The van der Waals surface area contributed by atoms with Gasteiger partial charge in [0.2, 0.25) is 0 Å². The number of urea groups is 1. The Kier molecular flexibility index (Phi) is 3.83. The number of rotatable bonds is 3. The van der Waals surface area contributed by atoms with E-state index in [1.165, 1.54) is 11.2 Å². The van der Waals surface area contributed by atoms with E-state index in [9.17, 15) is 9.59 Å². The highest BCUT2D eigenvalue weighted by Gasteiger charge is 2.32. The van der Waals surface area contributed by atoms with Gasteiger partial charge in [0, 0.05) is 6.54 Å². The Bertz CT molecular complexity index is 417. The number of hydrogen-bond acceptors (Lipinski definition) is 4. The molecule has 1 unspecified atom stereocenters. The van der Waals surface area contributed by atoms with E-state index in [4.69, 9.17) is 14.3 Å². The fourth-order valence-electron chi connectivity index (χ4n) is 1.73. The highest BCUT2D eigenvalue weighted by Crippen LogP contribution is 2.08. The smallest absolute Gasteiger partial charge is 0.328 e. The van der Waals surface area contributed by atoms with Gasteiger partial charge in [-0.15, -0.1) is 0 Å². The molecule has 2 amide bonds. The number of furan rings is 1. The molecule has 98 valence electrons. The Balaban J connectivity index is 1.92. The van der Waals surface area contributed by atoms with Crippen LogP contribution in [0.5, 0.6) is 0 Å². The van der Waals surface area contributed by atoms with E-state index >= 15 is 0 Å². The lowest BCUT2D eigenvalue weighted by molar-refractivity contribution is -0.147. The van der Waals surface area contributed by atoms with Crippen LogP contribution in [0.15, 0.2) is 22.8 Å². The fourth-order valence-corrected chi connectivity index (χ4v) is 1.73. The van der Waals surface area contributed by atoms with E-state index in [-0.39, 0.29) is 19.7 Å². The molecule has 7 heteroatoms. The fraction of sp³-hybridized carbons (Fsp3) is 0.455. The molecule has 2 N–H and O–H groups in total. The first-order valence-corrected chi connectivity index (χ1v) is 5.56. The molecule has 0 radical (unpaired) electrons. The van der Waals surface area contributed by atoms with Crippen molar-refractivity contribution in [3.05, 3.63) is 24.2 Å². The van der Waals surface area contributed by atoms with Gasteiger partial charge < -0.3 is 24.5 Å². The van der Waals surface area contributed by atoms with Gasteiger partial charge in [0.25, 0.3) is 0 Å². The predicted molar refractivity (Wildman–Crippen MR) is 59.9 cm³/mol. The number of carboxylic acid groups (broad SMARTS) is 1. The summed E-state index contributed by atoms with van der Waals surface area (Å²) in [7, 11) is 0. The second-order valence-electron chi connectivity index (χ2n) is 3.86. The van der Waals surface area contributed by atoms with Gasteiger partial charge in [-0.2, -0.15) is 0 Å². The lowest BCUT2D eigenvalue weighted by Crippen LogP contribution is -2.55. The Morgan fingerprint density at radius 1 is 1.56 bits per heavy atom. The Morgan fingerprint density at radius 2 is 2.39 bits per heavy atom. The quantitative estimate of drug-likeness (QED) is 0.808. The minimum absolute atomic E-state index is 0.0174. The van der Waals surface area contributed by atoms with Crippen molar-refractivity contribution >= 4 is 12.0 Å². The predicted octanol–water partition coefficient (Wildman–Crippen LogP) is 0.275. The molecule has 0 saturated carbocycles. The van der Waals surface area contributed by atoms with E-state index in [0.717, 1.165) is 0 Å². The van der Waals surface area contributed by atoms with Crippen LogP contribution in [0.25, 0.3) is 0 Å². The number of carbonyl (C=O) groups excluding carboxylic acids is 1. The largest absolute Gasteiger partial charge is 0.480 e. The minimum Gasteiger partial charge on any atom is -0.480 e. The van der Waals surface area contributed by atoms with Crippen LogP contribution < -0.4 is 5.32 Å². The summed E-state index contributed by atoms with van der Waals surface area (Å²) in [5.41, 5.74) is 0. The Labute approximate surface area is 103 Å². The molecule has 0 aromatic carbocycles. The van der Waals surface area contributed by atoms with Crippen LogP contribution in [0.3, 0.4) is 0 Å². The number of nitrogens with zero attached hydrogens (tertiary/aromatic N) is 1. The van der Waals surface area contributed by atoms with Crippen molar-refractivity contribution in [2.24, 2.45) is 0 Å². The van der Waals surface area contributed by atoms with Crippen LogP contribution in [0.2, 0.25) is 0 Å². The van der Waals surface area contributed by atoms with E-state index in [0.29, 0.717) is 12.4 Å². The average Bonchev–Trinajstić information content (AvgIpc) is 2.89. The standard InChI is InChI=1S/C11H14N2O5/c14-10(15)9-7-17-5-3-13(9)11(16)12-6-8-2-1-4-18-8/h1-2,4,9H,3,5-7H2,(H,12,16)(H,14,15). The van der Waals surface area contributed by atoms with Crippen LogP contribution in [-0.2, 0) is 16.1 Å². The molecular weight excluding hydrogens is 240 g/mol. The van der Waals surface area contributed by atoms with Gasteiger partial charge in [0.1, 0.15) is 5.76 Å². The highest BCUT2D eigenvalue weighted by atomic mass is 16.5. The SMILES string of the molecule is O=C(O)C1COCCN1C(=O)NCc1ccco1. The molecule has 1 aromatic rings. The number of aliphatic carboxylic acids is 1. The van der Waals surface area contributed by atoms with Crippen LogP contribution in [-0.4, -0.2) is 47.8 Å². The van der Waals surface area contributed by atoms with E-state index in [1.54, 1.807) is 12.1 Å². The first-order chi connectivity index (χ1) is 8.68. The third kappa shape index (κ3) is 2.80. The third-order valence-electron chi connectivity index (χ3n) is 2.67. The lowest BCUT2D eigenvalue weighted by Gasteiger charge is -2.32. The highest BCUT2D eigenvalue weighted by molar-refractivity contribution is 5.82. The topological polar surface area (TPSA) is 92.0 Å². The molecule has 7 nitrogen and oxygen atoms in total. The van der Waals surface area contributed by atoms with Gasteiger partial charge in [-0.3, -0.25) is 0 Å². The van der Waals surface area contributed by atoms with Gasteiger partial charge >= 0.3 is 12.0 Å². The molecule has 0 aliphatic carbocycles. The molecule has 1 atom stereocenters. The molecule has 2 heterocycles. The molecule has 1 aromatic heterocycles. The molecule has 1 saturated heterocycles. The van der Waals surface area contributed by atoms with Crippen molar-refractivity contribution in [3.8, 4) is 0 Å². The number of nitrogens with one attached hydrogen (secondary N) is 1. The molecule has 0 spiro atoms. The molecular formula is C11H14N2O5. The second kappa shape index (κ2) is 5.54. The number of carbonyl (C=O) groups is 2. The number of morpholine rings is 1. The lowest BCUT2D eigenvalue weighted by atomic mass is 10.2. The van der Waals surface area contributed by atoms with Crippen molar-refractivity contribution in [1.29, 1.82) is 0 Å². The molecule has 2 rings (SSSR count). The van der Waals surface area contributed by atoms with E-state index < -0.39 is 18.0 Å². The maximum absolute atomic E-state index is 11.9. The monoisotopic (exact) mass is 254 g/mol. The van der Waals surface area contributed by atoms with Gasteiger partial charge in [-0.25, -0.2) is 9.59 Å². The van der Waals surface area contributed by atoms with E-state index in [1.807, 2.05) is 0 Å². The molecule has 18 heavy (non-hydrogen) atoms. The summed E-state index contributed by atoms with van der Waals surface area (Å²) in [6.07, 6.45) is 1.51. The summed E-state index contributed by atoms with van der Waals surface area (Å²) in [4.78, 5) is 24.1. The molecule has 1 aliphatic heterocycles. The van der Waals surface area contributed by atoms with Gasteiger partial charge in [0.05, 0.1) is 26.0 Å². The number of hydrogen-bond donors (Lipinski definition) is 2. The van der Waals surface area contributed by atoms with Crippen LogP contribution in [0.1, 0.15) is 5.76 Å². The van der Waals surface area contributed by atoms with Crippen LogP contribution in [0, 0.1) is 0 Å². The summed E-state index contributed by atoms with van der Waals surface area (Å²) in [6.45, 7) is 0.859. The van der Waals surface area contributed by atoms with E-state index in [2.05, 4.69) is 5.32 Å². The summed E-state index contributed by atoms with van der Waals surface area (Å²) < 4.78 is 10.1. The summed E-state index contributed by atoms with van der Waals surface area (Å²) in [5.74, 6) is -0.452. The number of amides is 2. The van der Waals surface area contributed by atoms with Gasteiger partial charge in [0.15, 0.2) is 6.04 Å². The van der Waals surface area contributed by atoms with Gasteiger partial charge in [-0.05, 0) is 12.1 Å². The number of carboxylic acids is 1. The normalized spacial score (nSPS) is 19.6. The van der Waals surface area contributed by atoms with Crippen molar-refractivity contribution in [1.82, 2.24) is 10.2 Å². The minimum atomic E-state index is -1.07. The maximum Gasteiger partial charge on any atom is 0.328 e. The molecule has 1 aliphatic rings. The van der Waals surface area contributed by atoms with Crippen LogP contribution >= 0.6 is 0 Å². The zero-order chi connectivity index (χ0) is 13.0. The first-order valence-electron chi connectivity index (χ1n) is 5.56. The van der Waals surface area contributed by atoms with Crippen molar-refractivity contribution in [2.75, 3.05) is 19.8 Å². The average molecular weight is 254 g/mol. The summed E-state index contributed by atoms with van der Waals surface area (Å²) in [5, 5.41) is 11.6. The molecule has 0 bridgehead atoms. The zero-order valence-electron chi connectivity index (χ0n) is 9.67. The van der Waals surface area contributed by atoms with Crippen molar-refractivity contribution < 1.29 is 23.8 Å². The first kappa shape index (κ1) is 12.4. The Morgan fingerprint density at radius 3 is 3.06 bits per heavy atom. The maximum atomic E-state index is 11.9. The second-order valence-corrected chi connectivity index (χ2v) is 3.86. The summed E-state index contributed by atoms with van der Waals surface area (Å²) >= 11 is 0. The van der Waals surface area contributed by atoms with Gasteiger partial charge in [-0.1, -0.05) is 0 Å². The van der Waals surface area contributed by atoms with Crippen molar-refractivity contribution in [3.63, 3.8) is 0 Å². The van der Waals surface area contributed by atoms with Crippen molar-refractivity contribution in [2.45, 2.75) is 12.6 Å². The Hall–Kier alpha value is -2.02.